The fraction of sp³-hybridized carbons (Fsp3) is 0.500. The van der Waals surface area contributed by atoms with Gasteiger partial charge in [-0.05, 0) is 43.8 Å². The van der Waals surface area contributed by atoms with Crippen LogP contribution in [0.5, 0.6) is 0 Å². The van der Waals surface area contributed by atoms with Crippen molar-refractivity contribution in [1.82, 2.24) is 9.88 Å². The molecule has 116 valence electrons. The molecule has 5 heteroatoms. The highest BCUT2D eigenvalue weighted by Gasteiger charge is 2.10. The second-order valence-electron chi connectivity index (χ2n) is 5.76. The second-order valence-corrected chi connectivity index (χ2v) is 5.76. The highest BCUT2D eigenvalue weighted by molar-refractivity contribution is 5.85. The number of hydrogen-bond donors (Lipinski definition) is 1. The van der Waals surface area contributed by atoms with Gasteiger partial charge in [0.25, 0.3) is 0 Å². The number of aromatic nitrogens is 1. The van der Waals surface area contributed by atoms with E-state index in [0.717, 1.165) is 37.1 Å². The van der Waals surface area contributed by atoms with Crippen LogP contribution in [0.4, 0.5) is 5.82 Å². The van der Waals surface area contributed by atoms with E-state index in [0.29, 0.717) is 5.92 Å². The number of nitrogens with zero attached hydrogens (tertiary/aromatic N) is 3. The summed E-state index contributed by atoms with van der Waals surface area (Å²) in [4.78, 5) is 19.4. The molecule has 5 nitrogen and oxygen atoms in total. The van der Waals surface area contributed by atoms with Crippen LogP contribution in [0.2, 0.25) is 0 Å². The molecule has 0 radical (unpaired) electrons. The average Bonchev–Trinajstić information content (AvgIpc) is 2.41. The molecule has 1 N–H and O–H groups in total. The molecule has 0 fully saturated rings. The van der Waals surface area contributed by atoms with Gasteiger partial charge in [0.2, 0.25) is 0 Å². The number of carbonyl (C=O) groups is 1. The van der Waals surface area contributed by atoms with Gasteiger partial charge in [0.15, 0.2) is 0 Å². The molecule has 0 amide bonds. The van der Waals surface area contributed by atoms with Crippen LogP contribution in [0.3, 0.4) is 0 Å². The number of rotatable bonds is 8. The van der Waals surface area contributed by atoms with Crippen LogP contribution >= 0.6 is 0 Å². The van der Waals surface area contributed by atoms with Crippen molar-refractivity contribution in [3.63, 3.8) is 0 Å². The van der Waals surface area contributed by atoms with Gasteiger partial charge in [0, 0.05) is 31.9 Å². The first-order chi connectivity index (χ1) is 9.88. The van der Waals surface area contributed by atoms with Crippen LogP contribution < -0.4 is 4.90 Å². The Morgan fingerprint density at radius 3 is 2.52 bits per heavy atom. The highest BCUT2D eigenvalue weighted by atomic mass is 16.4. The van der Waals surface area contributed by atoms with E-state index in [4.69, 9.17) is 5.11 Å². The van der Waals surface area contributed by atoms with Crippen molar-refractivity contribution in [3.05, 3.63) is 30.0 Å². The van der Waals surface area contributed by atoms with Crippen molar-refractivity contribution in [2.75, 3.05) is 38.6 Å². The maximum atomic E-state index is 10.5. The van der Waals surface area contributed by atoms with Crippen molar-refractivity contribution in [2.24, 2.45) is 5.92 Å². The zero-order valence-electron chi connectivity index (χ0n) is 13.3. The fourth-order valence-corrected chi connectivity index (χ4v) is 1.91. The normalized spacial score (nSPS) is 11.5. The van der Waals surface area contributed by atoms with Gasteiger partial charge in [-0.25, -0.2) is 9.78 Å². The minimum Gasteiger partial charge on any atom is -0.478 e. The standard InChI is InChI=1S/C16H25N3O2/c1-13(2)12-19(10-9-18(3)4)15-7-5-14(11-17-15)6-8-16(20)21/h5-8,11,13H,9-10,12H2,1-4H3,(H,20,21)/b8-6+. The SMILES string of the molecule is CC(C)CN(CCN(C)C)c1ccc(/C=C/C(=O)O)cn1. The first-order valence-electron chi connectivity index (χ1n) is 7.15. The minimum absolute atomic E-state index is 0.556. The summed E-state index contributed by atoms with van der Waals surface area (Å²) in [6, 6.07) is 3.84. The summed E-state index contributed by atoms with van der Waals surface area (Å²) < 4.78 is 0. The quantitative estimate of drug-likeness (QED) is 0.744. The number of hydrogen-bond acceptors (Lipinski definition) is 4. The van der Waals surface area contributed by atoms with Crippen LogP contribution in [-0.4, -0.2) is 54.7 Å². The maximum Gasteiger partial charge on any atom is 0.328 e. The minimum atomic E-state index is -0.952. The van der Waals surface area contributed by atoms with Crippen molar-refractivity contribution in [3.8, 4) is 0 Å². The molecule has 0 aromatic carbocycles. The molecular formula is C16H25N3O2. The molecule has 21 heavy (non-hydrogen) atoms. The van der Waals surface area contributed by atoms with Gasteiger partial charge in [-0.2, -0.15) is 0 Å². The molecule has 1 aromatic rings. The third-order valence-corrected chi connectivity index (χ3v) is 2.92. The molecule has 0 saturated heterocycles. The van der Waals surface area contributed by atoms with Crippen LogP contribution in [0.15, 0.2) is 24.4 Å². The van der Waals surface area contributed by atoms with Gasteiger partial charge < -0.3 is 14.9 Å². The average molecular weight is 291 g/mol. The van der Waals surface area contributed by atoms with Crippen molar-refractivity contribution >= 4 is 17.9 Å². The third kappa shape index (κ3) is 6.90. The lowest BCUT2D eigenvalue weighted by Crippen LogP contribution is -2.34. The summed E-state index contributed by atoms with van der Waals surface area (Å²) in [6.45, 7) is 7.21. The Morgan fingerprint density at radius 2 is 2.05 bits per heavy atom. The number of anilines is 1. The summed E-state index contributed by atoms with van der Waals surface area (Å²) in [5, 5.41) is 8.62. The Balaban J connectivity index is 2.79. The van der Waals surface area contributed by atoms with Crippen molar-refractivity contribution in [1.29, 1.82) is 0 Å². The Hall–Kier alpha value is -1.88. The molecule has 0 bridgehead atoms. The number of aliphatic carboxylic acids is 1. The number of carboxylic acid groups (broad SMARTS) is 1. The second kappa shape index (κ2) is 8.42. The van der Waals surface area contributed by atoms with Gasteiger partial charge >= 0.3 is 5.97 Å². The van der Waals surface area contributed by atoms with Crippen LogP contribution in [-0.2, 0) is 4.79 Å². The van der Waals surface area contributed by atoms with E-state index < -0.39 is 5.97 Å². The molecular weight excluding hydrogens is 266 g/mol. The van der Waals surface area contributed by atoms with E-state index in [1.54, 1.807) is 12.3 Å². The largest absolute Gasteiger partial charge is 0.478 e. The Morgan fingerprint density at radius 1 is 1.33 bits per heavy atom. The first kappa shape index (κ1) is 17.2. The molecule has 1 aromatic heterocycles. The Kier molecular flexibility index (Phi) is 6.88. The topological polar surface area (TPSA) is 56.7 Å². The molecule has 0 saturated carbocycles. The monoisotopic (exact) mass is 291 g/mol. The maximum absolute atomic E-state index is 10.5. The first-order valence-corrected chi connectivity index (χ1v) is 7.15. The summed E-state index contributed by atoms with van der Waals surface area (Å²) in [5.74, 6) is 0.532. The van der Waals surface area contributed by atoms with Gasteiger partial charge in [0.1, 0.15) is 5.82 Å². The molecule has 1 rings (SSSR count). The van der Waals surface area contributed by atoms with Crippen molar-refractivity contribution in [2.45, 2.75) is 13.8 Å². The zero-order valence-corrected chi connectivity index (χ0v) is 13.3. The van der Waals surface area contributed by atoms with E-state index >= 15 is 0 Å². The molecule has 0 aliphatic carbocycles. The number of pyridine rings is 1. The third-order valence-electron chi connectivity index (χ3n) is 2.92. The van der Waals surface area contributed by atoms with Gasteiger partial charge in [0.05, 0.1) is 0 Å². The molecule has 0 aliphatic heterocycles. The number of carboxylic acids is 1. The summed E-state index contributed by atoms with van der Waals surface area (Å²) in [5.41, 5.74) is 0.790. The molecule has 0 aliphatic rings. The van der Waals surface area contributed by atoms with Crippen LogP contribution in [0.25, 0.3) is 6.08 Å². The summed E-state index contributed by atoms with van der Waals surface area (Å²) in [7, 11) is 4.11. The molecule has 1 heterocycles. The Labute approximate surface area is 126 Å². The van der Waals surface area contributed by atoms with Crippen molar-refractivity contribution < 1.29 is 9.90 Å². The van der Waals surface area contributed by atoms with Gasteiger partial charge in [-0.15, -0.1) is 0 Å². The van der Waals surface area contributed by atoms with Gasteiger partial charge in [-0.1, -0.05) is 13.8 Å². The lowest BCUT2D eigenvalue weighted by atomic mass is 10.2. The van der Waals surface area contributed by atoms with Crippen LogP contribution in [0, 0.1) is 5.92 Å². The number of likely N-dealkylation sites (N-methyl/N-ethyl adjacent to an activating group) is 1. The fourth-order valence-electron chi connectivity index (χ4n) is 1.91. The van der Waals surface area contributed by atoms with E-state index in [1.807, 2.05) is 12.1 Å². The smallest absolute Gasteiger partial charge is 0.328 e. The lowest BCUT2D eigenvalue weighted by molar-refractivity contribution is -0.131. The van der Waals surface area contributed by atoms with E-state index in [-0.39, 0.29) is 0 Å². The lowest BCUT2D eigenvalue weighted by Gasteiger charge is -2.27. The van der Waals surface area contributed by atoms with E-state index in [1.165, 1.54) is 0 Å². The predicted octanol–water partition coefficient (Wildman–Crippen LogP) is 2.20. The molecule has 0 spiro atoms. The summed E-state index contributed by atoms with van der Waals surface area (Å²) in [6.07, 6.45) is 4.37. The predicted molar refractivity (Wildman–Crippen MR) is 86.5 cm³/mol. The van der Waals surface area contributed by atoms with Gasteiger partial charge in [-0.3, -0.25) is 0 Å². The highest BCUT2D eigenvalue weighted by Crippen LogP contribution is 2.14. The molecule has 0 atom stereocenters. The van der Waals surface area contributed by atoms with E-state index in [2.05, 4.69) is 42.7 Å². The van der Waals surface area contributed by atoms with E-state index in [9.17, 15) is 4.79 Å². The summed E-state index contributed by atoms with van der Waals surface area (Å²) >= 11 is 0. The Bertz CT molecular complexity index is 467. The zero-order chi connectivity index (χ0) is 15.8. The molecule has 0 unspecified atom stereocenters. The van der Waals surface area contributed by atoms with Crippen LogP contribution in [0.1, 0.15) is 19.4 Å².